The molecule has 2 nitrogen and oxygen atoms in total. The van der Waals surface area contributed by atoms with Crippen LogP contribution in [0.2, 0.25) is 0 Å². The molecular weight excluding hydrogens is 200 g/mol. The molecule has 1 aliphatic rings. The summed E-state index contributed by atoms with van der Waals surface area (Å²) in [5, 5.41) is 10.9. The first-order chi connectivity index (χ1) is 7.90. The molecule has 0 aliphatic heterocycles. The zero-order valence-corrected chi connectivity index (χ0v) is 8.59. The second kappa shape index (κ2) is 3.67. The van der Waals surface area contributed by atoms with Gasteiger partial charge < -0.3 is 10.1 Å². The molecule has 2 aromatic rings. The molecule has 0 unspecified atom stereocenters. The smallest absolute Gasteiger partial charge is 0.153 e. The predicted octanol–water partition coefficient (Wildman–Crippen LogP) is 1.98. The third-order valence-electron chi connectivity index (χ3n) is 2.96. The van der Waals surface area contributed by atoms with Gasteiger partial charge in [-0.1, -0.05) is 0 Å². The van der Waals surface area contributed by atoms with Crippen molar-refractivity contribution in [3.05, 3.63) is 77.2 Å². The zero-order valence-electron chi connectivity index (χ0n) is 8.59. The largest absolute Gasteiger partial charge is 0.722 e. The van der Waals surface area contributed by atoms with Gasteiger partial charge >= 0.3 is 0 Å². The lowest BCUT2D eigenvalue weighted by atomic mass is 9.84. The Kier molecular flexibility index (Phi) is 2.17. The van der Waals surface area contributed by atoms with Crippen molar-refractivity contribution >= 4 is 0 Å². The fourth-order valence-corrected chi connectivity index (χ4v) is 2.20. The molecule has 0 atom stereocenters. The number of fused-ring (bicyclic) bond motifs is 2. The number of hydrogen-bond acceptors (Lipinski definition) is 2. The molecular formula is C14H10O2. The van der Waals surface area contributed by atoms with Crippen molar-refractivity contribution in [2.45, 2.75) is 6.10 Å². The first-order valence-electron chi connectivity index (χ1n) is 5.21. The van der Waals surface area contributed by atoms with Gasteiger partial charge in [0.05, 0.1) is 22.3 Å². The molecule has 0 bridgehead atoms. The minimum atomic E-state index is -0.489. The van der Waals surface area contributed by atoms with Gasteiger partial charge in [-0.15, -0.1) is 0 Å². The summed E-state index contributed by atoms with van der Waals surface area (Å²) >= 11 is 0. The maximum absolute atomic E-state index is 10.9. The van der Waals surface area contributed by atoms with E-state index in [9.17, 15) is 5.26 Å². The van der Waals surface area contributed by atoms with Crippen LogP contribution in [0.3, 0.4) is 0 Å². The fourth-order valence-electron chi connectivity index (χ4n) is 2.20. The van der Waals surface area contributed by atoms with Crippen molar-refractivity contribution in [3.63, 3.8) is 0 Å². The molecule has 16 heavy (non-hydrogen) atoms. The third-order valence-corrected chi connectivity index (χ3v) is 2.96. The lowest BCUT2D eigenvalue weighted by Gasteiger charge is -2.24. The van der Waals surface area contributed by atoms with Crippen LogP contribution in [0.1, 0.15) is 28.4 Å². The molecule has 0 radical (unpaired) electrons. The van der Waals surface area contributed by atoms with E-state index in [2.05, 4.69) is 11.3 Å². The molecule has 3 rings (SSSR count). The Bertz CT molecular complexity index is 474. The lowest BCUT2D eigenvalue weighted by Crippen LogP contribution is -2.20. The maximum atomic E-state index is 10.9. The lowest BCUT2D eigenvalue weighted by molar-refractivity contribution is -0.701. The van der Waals surface area contributed by atoms with E-state index in [0.29, 0.717) is 0 Å². The van der Waals surface area contributed by atoms with E-state index < -0.39 is 6.10 Å². The van der Waals surface area contributed by atoms with Gasteiger partial charge in [-0.25, -0.2) is 0 Å². The molecule has 0 saturated carbocycles. The highest BCUT2D eigenvalue weighted by Crippen LogP contribution is 2.36. The van der Waals surface area contributed by atoms with Gasteiger partial charge in [0.15, 0.2) is 6.10 Å². The highest BCUT2D eigenvalue weighted by molar-refractivity contribution is 5.54. The average molecular weight is 210 g/mol. The predicted molar refractivity (Wildman–Crippen MR) is 58.3 cm³/mol. The molecule has 0 heterocycles. The summed E-state index contributed by atoms with van der Waals surface area (Å²) in [6.45, 7) is 0. The second-order valence-corrected chi connectivity index (χ2v) is 3.88. The minimum absolute atomic E-state index is 0.489. The standard InChI is InChI=1S/C14H10O2/c15-16-14-12-7-3-1-5-10(12)9-11-6-2-4-8-13(11)14/h1-9,14H. The number of rotatable bonds is 1. The van der Waals surface area contributed by atoms with E-state index in [1.165, 1.54) is 0 Å². The molecule has 78 valence electrons. The van der Waals surface area contributed by atoms with E-state index in [-0.39, 0.29) is 0 Å². The molecule has 0 saturated heterocycles. The quantitative estimate of drug-likeness (QED) is 0.409. The Morgan fingerprint density at radius 3 is 1.88 bits per heavy atom. The van der Waals surface area contributed by atoms with Crippen molar-refractivity contribution in [3.8, 4) is 0 Å². The van der Waals surface area contributed by atoms with Crippen LogP contribution in [0, 0.1) is 6.42 Å². The van der Waals surface area contributed by atoms with E-state index in [1.807, 2.05) is 48.5 Å². The molecule has 2 heteroatoms. The van der Waals surface area contributed by atoms with Gasteiger partial charge in [-0.2, -0.15) is 0 Å². The Labute approximate surface area is 94.0 Å². The summed E-state index contributed by atoms with van der Waals surface area (Å²) in [6.07, 6.45) is 1.59. The van der Waals surface area contributed by atoms with E-state index in [1.54, 1.807) is 0 Å². The van der Waals surface area contributed by atoms with Gasteiger partial charge in [0.1, 0.15) is 0 Å². The molecule has 0 amide bonds. The van der Waals surface area contributed by atoms with Gasteiger partial charge in [0.2, 0.25) is 0 Å². The SMILES string of the molecule is [O-]OC1c2ccccc2[CH+]c2ccccc21. The van der Waals surface area contributed by atoms with Crippen LogP contribution in [-0.2, 0) is 4.89 Å². The van der Waals surface area contributed by atoms with Crippen molar-refractivity contribution in [1.82, 2.24) is 0 Å². The summed E-state index contributed by atoms with van der Waals surface area (Å²) in [4.78, 5) is 4.37. The molecule has 0 aromatic heterocycles. The Morgan fingerprint density at radius 1 is 0.875 bits per heavy atom. The van der Waals surface area contributed by atoms with Gasteiger partial charge in [0.25, 0.3) is 0 Å². The van der Waals surface area contributed by atoms with Gasteiger partial charge in [-0.3, -0.25) is 0 Å². The van der Waals surface area contributed by atoms with E-state index in [0.717, 1.165) is 22.3 Å². The average Bonchev–Trinajstić information content (AvgIpc) is 2.36. The van der Waals surface area contributed by atoms with Crippen LogP contribution in [0.4, 0.5) is 0 Å². The van der Waals surface area contributed by atoms with E-state index >= 15 is 0 Å². The molecule has 2 aromatic carbocycles. The fraction of sp³-hybridized carbons (Fsp3) is 0.0714. The highest BCUT2D eigenvalue weighted by atomic mass is 17.1. The topological polar surface area (TPSA) is 32.3 Å². The number of benzene rings is 2. The van der Waals surface area contributed by atoms with Crippen molar-refractivity contribution in [1.29, 1.82) is 0 Å². The Hall–Kier alpha value is -1.77. The van der Waals surface area contributed by atoms with Crippen LogP contribution in [0.15, 0.2) is 48.5 Å². The van der Waals surface area contributed by atoms with Crippen LogP contribution in [-0.4, -0.2) is 0 Å². The Balaban J connectivity index is 2.19. The minimum Gasteiger partial charge on any atom is -0.722 e. The first kappa shape index (κ1) is 9.46. The zero-order chi connectivity index (χ0) is 11.0. The van der Waals surface area contributed by atoms with Crippen LogP contribution >= 0.6 is 0 Å². The summed E-state index contributed by atoms with van der Waals surface area (Å²) in [7, 11) is 0. The highest BCUT2D eigenvalue weighted by Gasteiger charge is 2.29. The molecule has 0 spiro atoms. The van der Waals surface area contributed by atoms with Crippen molar-refractivity contribution < 1.29 is 10.1 Å². The number of hydrogen-bond donors (Lipinski definition) is 0. The molecule has 0 fully saturated rings. The monoisotopic (exact) mass is 210 g/mol. The summed E-state index contributed by atoms with van der Waals surface area (Å²) in [5.74, 6) is 0. The van der Waals surface area contributed by atoms with Crippen LogP contribution in [0.25, 0.3) is 0 Å². The van der Waals surface area contributed by atoms with E-state index in [4.69, 9.17) is 0 Å². The van der Waals surface area contributed by atoms with Crippen molar-refractivity contribution in [2.24, 2.45) is 0 Å². The van der Waals surface area contributed by atoms with Gasteiger partial charge in [-0.05, 0) is 36.4 Å². The summed E-state index contributed by atoms with van der Waals surface area (Å²) < 4.78 is 0. The van der Waals surface area contributed by atoms with Crippen LogP contribution in [0.5, 0.6) is 0 Å². The van der Waals surface area contributed by atoms with Crippen molar-refractivity contribution in [2.75, 3.05) is 0 Å². The molecule has 0 N–H and O–H groups in total. The first-order valence-corrected chi connectivity index (χ1v) is 5.21. The molecule has 1 aliphatic carbocycles. The maximum Gasteiger partial charge on any atom is 0.153 e. The normalized spacial score (nSPS) is 13.8. The summed E-state index contributed by atoms with van der Waals surface area (Å²) in [6, 6.07) is 15.6. The second-order valence-electron chi connectivity index (χ2n) is 3.88. The Morgan fingerprint density at radius 2 is 1.38 bits per heavy atom. The third kappa shape index (κ3) is 1.32. The van der Waals surface area contributed by atoms with Crippen LogP contribution < -0.4 is 5.26 Å². The summed E-state index contributed by atoms with van der Waals surface area (Å²) in [5.41, 5.74) is 4.00. The van der Waals surface area contributed by atoms with Gasteiger partial charge in [0, 0.05) is 18.6 Å².